The summed E-state index contributed by atoms with van der Waals surface area (Å²) in [6.07, 6.45) is 6.23. The molecule has 2 rings (SSSR count). The van der Waals surface area contributed by atoms with Crippen LogP contribution in [0.25, 0.3) is 0 Å². The molecule has 1 atom stereocenters. The standard InChI is InChI=1S/C15H20O4S/c1-20(18,19)13-8-4-7-12(10-13)14(15(16)17)9-11-5-2-3-6-11/h4,7-8,10-11,14H,2-3,5-6,9H2,1H3,(H,16,17)/t14-/m1/s1. The van der Waals surface area contributed by atoms with Gasteiger partial charge in [-0.15, -0.1) is 0 Å². The number of sulfone groups is 1. The molecule has 1 aliphatic carbocycles. The van der Waals surface area contributed by atoms with E-state index < -0.39 is 21.7 Å². The van der Waals surface area contributed by atoms with E-state index in [1.54, 1.807) is 12.1 Å². The first-order valence-electron chi connectivity index (χ1n) is 6.91. The van der Waals surface area contributed by atoms with E-state index in [-0.39, 0.29) is 4.90 Å². The highest BCUT2D eigenvalue weighted by molar-refractivity contribution is 7.90. The molecule has 0 radical (unpaired) electrons. The fourth-order valence-electron chi connectivity index (χ4n) is 2.92. The molecule has 0 amide bonds. The molecule has 0 bridgehead atoms. The fraction of sp³-hybridized carbons (Fsp3) is 0.533. The van der Waals surface area contributed by atoms with E-state index in [4.69, 9.17) is 0 Å². The second kappa shape index (κ2) is 5.95. The number of carboxylic acid groups (broad SMARTS) is 1. The number of rotatable bonds is 5. The fourth-order valence-corrected chi connectivity index (χ4v) is 3.60. The summed E-state index contributed by atoms with van der Waals surface area (Å²) in [5.74, 6) is -1.04. The summed E-state index contributed by atoms with van der Waals surface area (Å²) in [6, 6.07) is 6.34. The average Bonchev–Trinajstić information content (AvgIpc) is 2.87. The first kappa shape index (κ1) is 15.0. The third kappa shape index (κ3) is 3.60. The van der Waals surface area contributed by atoms with Crippen molar-refractivity contribution in [3.63, 3.8) is 0 Å². The molecule has 1 N–H and O–H groups in total. The molecule has 0 heterocycles. The maximum Gasteiger partial charge on any atom is 0.310 e. The van der Waals surface area contributed by atoms with E-state index in [2.05, 4.69) is 0 Å². The van der Waals surface area contributed by atoms with Crippen LogP contribution in [-0.4, -0.2) is 25.7 Å². The lowest BCUT2D eigenvalue weighted by molar-refractivity contribution is -0.139. The second-order valence-electron chi connectivity index (χ2n) is 5.62. The highest BCUT2D eigenvalue weighted by atomic mass is 32.2. The van der Waals surface area contributed by atoms with Gasteiger partial charge in [-0.3, -0.25) is 4.79 Å². The van der Waals surface area contributed by atoms with Gasteiger partial charge in [0.15, 0.2) is 9.84 Å². The highest BCUT2D eigenvalue weighted by Gasteiger charge is 2.26. The molecule has 1 aromatic rings. The molecule has 1 aromatic carbocycles. The molecule has 110 valence electrons. The molecule has 0 aliphatic heterocycles. The molecule has 0 spiro atoms. The van der Waals surface area contributed by atoms with Gasteiger partial charge in [0.05, 0.1) is 10.8 Å². The van der Waals surface area contributed by atoms with E-state index in [0.29, 0.717) is 17.9 Å². The van der Waals surface area contributed by atoms with E-state index in [1.807, 2.05) is 0 Å². The van der Waals surface area contributed by atoms with Crippen LogP contribution in [-0.2, 0) is 14.6 Å². The van der Waals surface area contributed by atoms with Crippen molar-refractivity contribution in [3.8, 4) is 0 Å². The summed E-state index contributed by atoms with van der Waals surface area (Å²) in [4.78, 5) is 11.7. The Morgan fingerprint density at radius 3 is 2.55 bits per heavy atom. The number of aliphatic carboxylic acids is 1. The van der Waals surface area contributed by atoms with E-state index in [9.17, 15) is 18.3 Å². The minimum atomic E-state index is -3.30. The zero-order valence-corrected chi connectivity index (χ0v) is 12.4. The number of hydrogen-bond donors (Lipinski definition) is 1. The van der Waals surface area contributed by atoms with E-state index in [1.165, 1.54) is 25.0 Å². The zero-order chi connectivity index (χ0) is 14.8. The van der Waals surface area contributed by atoms with Gasteiger partial charge >= 0.3 is 5.97 Å². The van der Waals surface area contributed by atoms with Gasteiger partial charge in [0.2, 0.25) is 0 Å². The third-order valence-corrected chi connectivity index (χ3v) is 5.14. The lowest BCUT2D eigenvalue weighted by atomic mass is 9.88. The highest BCUT2D eigenvalue weighted by Crippen LogP contribution is 2.34. The van der Waals surface area contributed by atoms with E-state index in [0.717, 1.165) is 19.1 Å². The van der Waals surface area contributed by atoms with Gasteiger partial charge in [-0.1, -0.05) is 37.8 Å². The van der Waals surface area contributed by atoms with Crippen LogP contribution >= 0.6 is 0 Å². The number of hydrogen-bond acceptors (Lipinski definition) is 3. The predicted molar refractivity (Wildman–Crippen MR) is 76.5 cm³/mol. The number of carboxylic acids is 1. The van der Waals surface area contributed by atoms with Crippen LogP contribution in [0.1, 0.15) is 43.6 Å². The van der Waals surface area contributed by atoms with Crippen LogP contribution in [0.3, 0.4) is 0 Å². The Labute approximate surface area is 119 Å². The molecule has 1 aliphatic rings. The molecular weight excluding hydrogens is 276 g/mol. The van der Waals surface area contributed by atoms with Crippen LogP contribution in [0.5, 0.6) is 0 Å². The smallest absolute Gasteiger partial charge is 0.310 e. The molecule has 5 heteroatoms. The van der Waals surface area contributed by atoms with Crippen molar-refractivity contribution in [1.29, 1.82) is 0 Å². The molecule has 1 saturated carbocycles. The Kier molecular flexibility index (Phi) is 4.48. The van der Waals surface area contributed by atoms with Crippen LogP contribution < -0.4 is 0 Å². The van der Waals surface area contributed by atoms with Crippen molar-refractivity contribution in [1.82, 2.24) is 0 Å². The van der Waals surface area contributed by atoms with Crippen molar-refractivity contribution in [2.45, 2.75) is 42.9 Å². The van der Waals surface area contributed by atoms with Crippen LogP contribution in [0, 0.1) is 5.92 Å². The maximum atomic E-state index is 11.6. The van der Waals surface area contributed by atoms with Gasteiger partial charge in [0, 0.05) is 6.26 Å². The van der Waals surface area contributed by atoms with E-state index >= 15 is 0 Å². The molecular formula is C15H20O4S. The van der Waals surface area contributed by atoms with Gasteiger partial charge in [0.25, 0.3) is 0 Å². The molecule has 4 nitrogen and oxygen atoms in total. The van der Waals surface area contributed by atoms with Crippen molar-refractivity contribution in [2.75, 3.05) is 6.26 Å². The quantitative estimate of drug-likeness (QED) is 0.907. The predicted octanol–water partition coefficient (Wildman–Crippen LogP) is 2.84. The summed E-state index contributed by atoms with van der Waals surface area (Å²) in [5, 5.41) is 9.43. The summed E-state index contributed by atoms with van der Waals surface area (Å²) >= 11 is 0. The molecule has 0 aromatic heterocycles. The van der Waals surface area contributed by atoms with Crippen molar-refractivity contribution >= 4 is 15.8 Å². The third-order valence-electron chi connectivity index (χ3n) is 4.03. The van der Waals surface area contributed by atoms with Gasteiger partial charge in [-0.05, 0) is 30.0 Å². The van der Waals surface area contributed by atoms with Gasteiger partial charge in [0.1, 0.15) is 0 Å². The van der Waals surface area contributed by atoms with Gasteiger partial charge in [-0.25, -0.2) is 8.42 Å². The minimum Gasteiger partial charge on any atom is -0.481 e. The number of benzene rings is 1. The van der Waals surface area contributed by atoms with Gasteiger partial charge in [-0.2, -0.15) is 0 Å². The van der Waals surface area contributed by atoms with Crippen LogP contribution in [0.2, 0.25) is 0 Å². The van der Waals surface area contributed by atoms with Gasteiger partial charge < -0.3 is 5.11 Å². The Morgan fingerprint density at radius 2 is 2.00 bits per heavy atom. The Balaban J connectivity index is 2.27. The second-order valence-corrected chi connectivity index (χ2v) is 7.64. The largest absolute Gasteiger partial charge is 0.481 e. The monoisotopic (exact) mass is 296 g/mol. The molecule has 0 saturated heterocycles. The summed E-state index contributed by atoms with van der Waals surface area (Å²) in [7, 11) is -3.30. The average molecular weight is 296 g/mol. The first-order chi connectivity index (χ1) is 9.38. The van der Waals surface area contributed by atoms with Crippen molar-refractivity contribution < 1.29 is 18.3 Å². The van der Waals surface area contributed by atoms with Crippen LogP contribution in [0.4, 0.5) is 0 Å². The zero-order valence-electron chi connectivity index (χ0n) is 11.6. The van der Waals surface area contributed by atoms with Crippen molar-refractivity contribution in [2.24, 2.45) is 5.92 Å². The first-order valence-corrected chi connectivity index (χ1v) is 8.80. The molecule has 0 unspecified atom stereocenters. The van der Waals surface area contributed by atoms with Crippen LogP contribution in [0.15, 0.2) is 29.2 Å². The topological polar surface area (TPSA) is 71.4 Å². The summed E-state index contributed by atoms with van der Waals surface area (Å²) in [6.45, 7) is 0. The Hall–Kier alpha value is -1.36. The number of carbonyl (C=O) groups is 1. The Bertz CT molecular complexity index is 586. The molecule has 20 heavy (non-hydrogen) atoms. The maximum absolute atomic E-state index is 11.6. The molecule has 1 fully saturated rings. The lowest BCUT2D eigenvalue weighted by Crippen LogP contribution is -2.15. The normalized spacial score (nSPS) is 18.1. The summed E-state index contributed by atoms with van der Waals surface area (Å²) in [5.41, 5.74) is 0.590. The SMILES string of the molecule is CS(=O)(=O)c1cccc([C@@H](CC2CCCC2)C(=O)O)c1. The minimum absolute atomic E-state index is 0.188. The van der Waals surface area contributed by atoms with Crippen molar-refractivity contribution in [3.05, 3.63) is 29.8 Å². The Morgan fingerprint density at radius 1 is 1.35 bits per heavy atom. The lowest BCUT2D eigenvalue weighted by Gasteiger charge is -2.17. The summed E-state index contributed by atoms with van der Waals surface area (Å²) < 4.78 is 23.1.